The molecule has 28 heavy (non-hydrogen) atoms. The molecule has 2 heterocycles. The molecule has 0 aliphatic carbocycles. The molecular formula is C23H22ClN3O. The third-order valence-electron chi connectivity index (χ3n) is 4.75. The largest absolute Gasteiger partial charge is 0.457 e. The fraction of sp³-hybridized carbons (Fsp3) is 0.174. The van der Waals surface area contributed by atoms with Crippen LogP contribution >= 0.6 is 11.6 Å². The zero-order valence-electron chi connectivity index (χ0n) is 15.9. The van der Waals surface area contributed by atoms with Crippen molar-refractivity contribution in [3.05, 3.63) is 107 Å². The van der Waals surface area contributed by atoms with Gasteiger partial charge in [0.1, 0.15) is 11.5 Å². The number of para-hydroxylation sites is 1. The van der Waals surface area contributed by atoms with Crippen molar-refractivity contribution in [2.24, 2.45) is 7.05 Å². The molecule has 0 bridgehead atoms. The summed E-state index contributed by atoms with van der Waals surface area (Å²) in [5.74, 6) is 1.69. The smallest absolute Gasteiger partial charge is 0.130 e. The van der Waals surface area contributed by atoms with Gasteiger partial charge in [-0.3, -0.25) is 4.68 Å². The molecule has 4 nitrogen and oxygen atoms in total. The van der Waals surface area contributed by atoms with Crippen LogP contribution in [0, 0.1) is 6.92 Å². The SMILES string of the molecule is Cc1ccccc1OC1=CC(c2cnn(C)c2)N(Cc2cccc(Cl)c2)C=C1. The lowest BCUT2D eigenvalue weighted by Gasteiger charge is -2.31. The van der Waals surface area contributed by atoms with Crippen molar-refractivity contribution in [3.8, 4) is 5.75 Å². The summed E-state index contributed by atoms with van der Waals surface area (Å²) in [6, 6.07) is 16.0. The molecule has 3 aromatic rings. The Morgan fingerprint density at radius 1 is 1.14 bits per heavy atom. The fourth-order valence-corrected chi connectivity index (χ4v) is 3.53. The van der Waals surface area contributed by atoms with E-state index >= 15 is 0 Å². The summed E-state index contributed by atoms with van der Waals surface area (Å²) < 4.78 is 7.98. The van der Waals surface area contributed by atoms with E-state index in [1.807, 2.05) is 79.6 Å². The van der Waals surface area contributed by atoms with Crippen molar-refractivity contribution in [1.82, 2.24) is 14.7 Å². The molecule has 4 rings (SSSR count). The third kappa shape index (κ3) is 4.12. The lowest BCUT2D eigenvalue weighted by molar-refractivity contribution is 0.297. The van der Waals surface area contributed by atoms with Gasteiger partial charge < -0.3 is 9.64 Å². The van der Waals surface area contributed by atoms with Crippen molar-refractivity contribution >= 4 is 11.6 Å². The van der Waals surface area contributed by atoms with Crippen molar-refractivity contribution in [2.45, 2.75) is 19.5 Å². The molecule has 1 atom stereocenters. The second-order valence-electron chi connectivity index (χ2n) is 6.95. The lowest BCUT2D eigenvalue weighted by atomic mass is 10.0. The highest BCUT2D eigenvalue weighted by atomic mass is 35.5. The van der Waals surface area contributed by atoms with Gasteiger partial charge in [-0.2, -0.15) is 5.10 Å². The number of aryl methyl sites for hydroxylation is 2. The Kier molecular flexibility index (Phi) is 5.22. The minimum absolute atomic E-state index is 0.0247. The van der Waals surface area contributed by atoms with Crippen molar-refractivity contribution in [3.63, 3.8) is 0 Å². The van der Waals surface area contributed by atoms with E-state index < -0.39 is 0 Å². The van der Waals surface area contributed by atoms with Gasteiger partial charge in [-0.1, -0.05) is 41.9 Å². The van der Waals surface area contributed by atoms with Crippen LogP contribution < -0.4 is 4.74 Å². The Balaban J connectivity index is 1.62. The molecule has 0 saturated heterocycles. The Hall–Kier alpha value is -2.98. The van der Waals surface area contributed by atoms with Crippen LogP contribution in [0.1, 0.15) is 22.7 Å². The predicted octanol–water partition coefficient (Wildman–Crippen LogP) is 5.42. The van der Waals surface area contributed by atoms with Crippen molar-refractivity contribution in [1.29, 1.82) is 0 Å². The number of halogens is 1. The van der Waals surface area contributed by atoms with Crippen LogP contribution in [0.5, 0.6) is 5.75 Å². The second kappa shape index (κ2) is 7.95. The fourth-order valence-electron chi connectivity index (χ4n) is 3.31. The average molecular weight is 392 g/mol. The summed E-state index contributed by atoms with van der Waals surface area (Å²) in [4.78, 5) is 2.26. The standard InChI is InChI=1S/C23H22ClN3O/c1-17-6-3-4-9-23(17)28-21-10-11-27(15-18-7-5-8-20(24)12-18)22(13-21)19-14-25-26(2)16-19/h3-14,16,22H,15H2,1-2H3. The molecule has 0 fully saturated rings. The third-order valence-corrected chi connectivity index (χ3v) is 4.99. The number of allylic oxidation sites excluding steroid dienone is 1. The maximum absolute atomic E-state index is 6.17. The maximum Gasteiger partial charge on any atom is 0.130 e. The lowest BCUT2D eigenvalue weighted by Crippen LogP contribution is -2.25. The summed E-state index contributed by atoms with van der Waals surface area (Å²) in [5, 5.41) is 5.09. The van der Waals surface area contributed by atoms with E-state index in [9.17, 15) is 0 Å². The average Bonchev–Trinajstić information content (AvgIpc) is 3.11. The molecule has 1 aliphatic rings. The number of benzene rings is 2. The highest BCUT2D eigenvalue weighted by molar-refractivity contribution is 6.30. The molecule has 1 aromatic heterocycles. The summed E-state index contributed by atoms with van der Waals surface area (Å²) in [7, 11) is 1.93. The number of ether oxygens (including phenoxy) is 1. The summed E-state index contributed by atoms with van der Waals surface area (Å²) in [6.45, 7) is 2.79. The van der Waals surface area contributed by atoms with Gasteiger partial charge in [-0.05, 0) is 48.4 Å². The van der Waals surface area contributed by atoms with Crippen LogP contribution in [-0.4, -0.2) is 14.7 Å². The van der Waals surface area contributed by atoms with Crippen LogP contribution in [0.15, 0.2) is 85.0 Å². The van der Waals surface area contributed by atoms with Gasteiger partial charge in [-0.15, -0.1) is 0 Å². The van der Waals surface area contributed by atoms with Gasteiger partial charge in [0.2, 0.25) is 0 Å². The van der Waals surface area contributed by atoms with Crippen molar-refractivity contribution in [2.75, 3.05) is 0 Å². The molecule has 142 valence electrons. The monoisotopic (exact) mass is 391 g/mol. The molecule has 0 N–H and O–H groups in total. The van der Waals surface area contributed by atoms with Gasteiger partial charge in [-0.25, -0.2) is 0 Å². The van der Waals surface area contributed by atoms with E-state index in [-0.39, 0.29) is 6.04 Å². The number of nitrogens with zero attached hydrogens (tertiary/aromatic N) is 3. The topological polar surface area (TPSA) is 30.3 Å². The van der Waals surface area contributed by atoms with Crippen molar-refractivity contribution < 1.29 is 4.74 Å². The first-order chi connectivity index (χ1) is 13.6. The van der Waals surface area contributed by atoms with E-state index in [2.05, 4.69) is 28.3 Å². The summed E-state index contributed by atoms with van der Waals surface area (Å²) in [5.41, 5.74) is 3.37. The Morgan fingerprint density at radius 3 is 2.75 bits per heavy atom. The normalized spacial score (nSPS) is 16.2. The zero-order valence-corrected chi connectivity index (χ0v) is 16.7. The molecule has 5 heteroatoms. The first-order valence-electron chi connectivity index (χ1n) is 9.21. The maximum atomic E-state index is 6.17. The number of aromatic nitrogens is 2. The quantitative estimate of drug-likeness (QED) is 0.582. The van der Waals surface area contributed by atoms with Crippen LogP contribution in [0.25, 0.3) is 0 Å². The van der Waals surface area contributed by atoms with E-state index in [0.29, 0.717) is 0 Å². The Labute approximate surface area is 170 Å². The van der Waals surface area contributed by atoms with E-state index in [0.717, 1.165) is 39.8 Å². The van der Waals surface area contributed by atoms with Gasteiger partial charge in [0.25, 0.3) is 0 Å². The minimum Gasteiger partial charge on any atom is -0.457 e. The molecule has 2 aromatic carbocycles. The highest BCUT2D eigenvalue weighted by Crippen LogP contribution is 2.31. The van der Waals surface area contributed by atoms with Crippen LogP contribution in [0.3, 0.4) is 0 Å². The zero-order chi connectivity index (χ0) is 19.5. The van der Waals surface area contributed by atoms with Gasteiger partial charge in [0, 0.05) is 36.6 Å². The molecule has 0 saturated carbocycles. The predicted molar refractivity (Wildman–Crippen MR) is 112 cm³/mol. The van der Waals surface area contributed by atoms with Gasteiger partial charge in [0.15, 0.2) is 0 Å². The molecular weight excluding hydrogens is 370 g/mol. The Morgan fingerprint density at radius 2 is 2.00 bits per heavy atom. The molecule has 0 radical (unpaired) electrons. The van der Waals surface area contributed by atoms with E-state index in [1.54, 1.807) is 0 Å². The molecule has 0 amide bonds. The second-order valence-corrected chi connectivity index (χ2v) is 7.38. The summed E-state index contributed by atoms with van der Waals surface area (Å²) >= 11 is 6.17. The van der Waals surface area contributed by atoms with Crippen LogP contribution in [0.4, 0.5) is 0 Å². The number of rotatable bonds is 5. The Bertz CT molecular complexity index is 1040. The summed E-state index contributed by atoms with van der Waals surface area (Å²) in [6.07, 6.45) is 10.2. The minimum atomic E-state index is 0.0247. The van der Waals surface area contributed by atoms with E-state index in [1.165, 1.54) is 0 Å². The number of hydrogen-bond acceptors (Lipinski definition) is 3. The molecule has 0 spiro atoms. The van der Waals surface area contributed by atoms with Gasteiger partial charge in [0.05, 0.1) is 12.2 Å². The first-order valence-corrected chi connectivity index (χ1v) is 9.58. The number of hydrogen-bond donors (Lipinski definition) is 0. The van der Waals surface area contributed by atoms with E-state index in [4.69, 9.17) is 16.3 Å². The van der Waals surface area contributed by atoms with Crippen LogP contribution in [0.2, 0.25) is 5.02 Å². The van der Waals surface area contributed by atoms with Crippen LogP contribution in [-0.2, 0) is 13.6 Å². The molecule has 1 unspecified atom stereocenters. The highest BCUT2D eigenvalue weighted by Gasteiger charge is 2.22. The first kappa shape index (κ1) is 18.4. The molecule has 1 aliphatic heterocycles. The van der Waals surface area contributed by atoms with Gasteiger partial charge >= 0.3 is 0 Å².